The van der Waals surface area contributed by atoms with Crippen molar-refractivity contribution in [2.45, 2.75) is 49.3 Å². The number of fused-ring (bicyclic) bond motifs is 1. The summed E-state index contributed by atoms with van der Waals surface area (Å²) < 4.78 is 0. The lowest BCUT2D eigenvalue weighted by atomic mass is 9.95. The minimum atomic E-state index is -0.313. The summed E-state index contributed by atoms with van der Waals surface area (Å²) in [4.78, 5) is 17.4. The average Bonchev–Trinajstić information content (AvgIpc) is 2.67. The molecule has 0 bridgehead atoms. The summed E-state index contributed by atoms with van der Waals surface area (Å²) in [6, 6.07) is 11.2. The molecule has 0 aliphatic heterocycles. The first-order valence-electron chi connectivity index (χ1n) is 8.76. The summed E-state index contributed by atoms with van der Waals surface area (Å²) in [6.45, 7) is 1.96. The van der Waals surface area contributed by atoms with Gasteiger partial charge in [0.1, 0.15) is 11.1 Å². The number of aromatic nitrogens is 1. The zero-order chi connectivity index (χ0) is 18.5. The smallest absolute Gasteiger partial charge is 0.237 e. The number of aryl methyl sites for hydroxylation is 2. The second-order valence-corrected chi connectivity index (χ2v) is 7.90. The number of pyridine rings is 1. The van der Waals surface area contributed by atoms with Crippen LogP contribution >= 0.6 is 23.4 Å². The molecule has 1 N–H and O–H groups in total. The molecule has 1 unspecified atom stereocenters. The maximum atomic E-state index is 12.6. The Kier molecular flexibility index (Phi) is 6.18. The van der Waals surface area contributed by atoms with Crippen LogP contribution in [0.4, 0.5) is 5.69 Å². The molecule has 0 spiro atoms. The molecule has 26 heavy (non-hydrogen) atoms. The van der Waals surface area contributed by atoms with Gasteiger partial charge < -0.3 is 5.32 Å². The first kappa shape index (κ1) is 18.8. The zero-order valence-electron chi connectivity index (χ0n) is 14.6. The van der Waals surface area contributed by atoms with Gasteiger partial charge in [-0.05, 0) is 68.0 Å². The number of carbonyl (C=O) groups excluding carboxylic acids is 1. The predicted octanol–water partition coefficient (Wildman–Crippen LogP) is 4.99. The SMILES string of the molecule is CCC(Sc1nc2c(cc1C#N)CCCC2)C(=O)Nc1ccc(Cl)cc1. The summed E-state index contributed by atoms with van der Waals surface area (Å²) in [5, 5.41) is 13.4. The van der Waals surface area contributed by atoms with Crippen molar-refractivity contribution in [2.24, 2.45) is 0 Å². The van der Waals surface area contributed by atoms with Gasteiger partial charge in [0, 0.05) is 16.4 Å². The number of halogens is 1. The quantitative estimate of drug-likeness (QED) is 0.736. The number of carbonyl (C=O) groups is 1. The van der Waals surface area contributed by atoms with Gasteiger partial charge in [-0.2, -0.15) is 5.26 Å². The van der Waals surface area contributed by atoms with E-state index < -0.39 is 0 Å². The third kappa shape index (κ3) is 4.38. The monoisotopic (exact) mass is 385 g/mol. The van der Waals surface area contributed by atoms with E-state index in [-0.39, 0.29) is 11.2 Å². The minimum Gasteiger partial charge on any atom is -0.325 e. The maximum Gasteiger partial charge on any atom is 0.237 e. The van der Waals surface area contributed by atoms with Gasteiger partial charge in [-0.1, -0.05) is 30.3 Å². The van der Waals surface area contributed by atoms with E-state index in [2.05, 4.69) is 11.4 Å². The van der Waals surface area contributed by atoms with E-state index in [0.717, 1.165) is 31.4 Å². The summed E-state index contributed by atoms with van der Waals surface area (Å²) in [6.07, 6.45) is 4.85. The highest BCUT2D eigenvalue weighted by Gasteiger charge is 2.22. The largest absolute Gasteiger partial charge is 0.325 e. The number of hydrogen-bond donors (Lipinski definition) is 1. The minimum absolute atomic E-state index is 0.0942. The van der Waals surface area contributed by atoms with E-state index in [9.17, 15) is 10.1 Å². The Morgan fingerprint density at radius 3 is 2.77 bits per heavy atom. The lowest BCUT2D eigenvalue weighted by Gasteiger charge is -2.19. The second kappa shape index (κ2) is 8.57. The number of benzene rings is 1. The van der Waals surface area contributed by atoms with Crippen LogP contribution in [0.1, 0.15) is 43.0 Å². The number of nitriles is 1. The summed E-state index contributed by atoms with van der Waals surface area (Å²) in [5.41, 5.74) is 3.52. The fourth-order valence-electron chi connectivity index (χ4n) is 3.00. The Hall–Kier alpha value is -2.03. The number of nitrogens with zero attached hydrogens (tertiary/aromatic N) is 2. The molecule has 3 rings (SSSR count). The molecular weight excluding hydrogens is 366 g/mol. The first-order valence-corrected chi connectivity index (χ1v) is 10.0. The van der Waals surface area contributed by atoms with Crippen LogP contribution in [-0.2, 0) is 17.6 Å². The fourth-order valence-corrected chi connectivity index (χ4v) is 4.12. The van der Waals surface area contributed by atoms with Crippen molar-refractivity contribution in [3.05, 3.63) is 52.2 Å². The van der Waals surface area contributed by atoms with Crippen LogP contribution in [0.2, 0.25) is 5.02 Å². The van der Waals surface area contributed by atoms with Crippen molar-refractivity contribution in [2.75, 3.05) is 5.32 Å². The lowest BCUT2D eigenvalue weighted by Crippen LogP contribution is -2.25. The molecule has 0 radical (unpaired) electrons. The molecule has 1 amide bonds. The summed E-state index contributed by atoms with van der Waals surface area (Å²) in [5.74, 6) is -0.0942. The van der Waals surface area contributed by atoms with Crippen LogP contribution in [0.15, 0.2) is 35.4 Å². The second-order valence-electron chi connectivity index (χ2n) is 6.28. The number of amides is 1. The molecule has 134 valence electrons. The standard InChI is InChI=1S/C20H20ClN3OS/c1-2-18(19(25)23-16-9-7-15(21)8-10-16)26-20-14(12-22)11-13-5-3-4-6-17(13)24-20/h7-11,18H,2-6H2,1H3,(H,23,25). The van der Waals surface area contributed by atoms with Gasteiger partial charge >= 0.3 is 0 Å². The van der Waals surface area contributed by atoms with E-state index in [1.165, 1.54) is 17.3 Å². The molecule has 0 fully saturated rings. The first-order chi connectivity index (χ1) is 12.6. The number of hydrogen-bond acceptors (Lipinski definition) is 4. The van der Waals surface area contributed by atoms with E-state index in [0.29, 0.717) is 27.7 Å². The summed E-state index contributed by atoms with van der Waals surface area (Å²) >= 11 is 7.25. The Morgan fingerprint density at radius 1 is 1.35 bits per heavy atom. The molecule has 1 atom stereocenters. The van der Waals surface area contributed by atoms with Crippen LogP contribution in [0, 0.1) is 11.3 Å². The van der Waals surface area contributed by atoms with Crippen molar-refractivity contribution in [3.8, 4) is 6.07 Å². The number of nitrogens with one attached hydrogen (secondary N) is 1. The van der Waals surface area contributed by atoms with Gasteiger partial charge in [0.25, 0.3) is 0 Å². The predicted molar refractivity (Wildman–Crippen MR) is 106 cm³/mol. The van der Waals surface area contributed by atoms with Crippen LogP contribution in [0.3, 0.4) is 0 Å². The third-order valence-corrected chi connectivity index (χ3v) is 6.03. The van der Waals surface area contributed by atoms with E-state index in [4.69, 9.17) is 16.6 Å². The average molecular weight is 386 g/mol. The fraction of sp³-hybridized carbons (Fsp3) is 0.350. The van der Waals surface area contributed by atoms with Gasteiger partial charge in [0.05, 0.1) is 10.8 Å². The highest BCUT2D eigenvalue weighted by atomic mass is 35.5. The molecule has 6 heteroatoms. The topological polar surface area (TPSA) is 65.8 Å². The van der Waals surface area contributed by atoms with Crippen LogP contribution in [-0.4, -0.2) is 16.1 Å². The molecule has 1 aromatic carbocycles. The number of thioether (sulfide) groups is 1. The molecule has 1 heterocycles. The molecule has 0 saturated carbocycles. The molecule has 1 aliphatic carbocycles. The van der Waals surface area contributed by atoms with Crippen molar-refractivity contribution in [3.63, 3.8) is 0 Å². The Bertz CT molecular complexity index is 845. The maximum absolute atomic E-state index is 12.6. The van der Waals surface area contributed by atoms with Gasteiger partial charge in [0.15, 0.2) is 0 Å². The zero-order valence-corrected chi connectivity index (χ0v) is 16.2. The highest BCUT2D eigenvalue weighted by molar-refractivity contribution is 8.00. The van der Waals surface area contributed by atoms with Gasteiger partial charge in [-0.25, -0.2) is 4.98 Å². The van der Waals surface area contributed by atoms with Crippen molar-refractivity contribution in [1.82, 2.24) is 4.98 Å². The molecular formula is C20H20ClN3OS. The van der Waals surface area contributed by atoms with E-state index in [1.807, 2.05) is 13.0 Å². The Balaban J connectivity index is 1.78. The molecule has 4 nitrogen and oxygen atoms in total. The summed E-state index contributed by atoms with van der Waals surface area (Å²) in [7, 11) is 0. The van der Waals surface area contributed by atoms with E-state index >= 15 is 0 Å². The molecule has 1 aromatic heterocycles. The normalized spacial score (nSPS) is 14.2. The molecule has 0 saturated heterocycles. The third-order valence-electron chi connectivity index (χ3n) is 4.42. The Morgan fingerprint density at radius 2 is 2.08 bits per heavy atom. The van der Waals surface area contributed by atoms with Crippen molar-refractivity contribution < 1.29 is 4.79 Å². The Labute approximate surface area is 163 Å². The highest BCUT2D eigenvalue weighted by Crippen LogP contribution is 2.31. The lowest BCUT2D eigenvalue weighted by molar-refractivity contribution is -0.115. The van der Waals surface area contributed by atoms with Crippen LogP contribution in [0.25, 0.3) is 0 Å². The molecule has 1 aliphatic rings. The van der Waals surface area contributed by atoms with Crippen molar-refractivity contribution in [1.29, 1.82) is 5.26 Å². The van der Waals surface area contributed by atoms with Gasteiger partial charge in [-0.15, -0.1) is 0 Å². The van der Waals surface area contributed by atoms with Gasteiger partial charge in [-0.3, -0.25) is 4.79 Å². The molecule has 2 aromatic rings. The van der Waals surface area contributed by atoms with Crippen molar-refractivity contribution >= 4 is 35.0 Å². The van der Waals surface area contributed by atoms with E-state index in [1.54, 1.807) is 24.3 Å². The van der Waals surface area contributed by atoms with Crippen LogP contribution in [0.5, 0.6) is 0 Å². The van der Waals surface area contributed by atoms with Crippen LogP contribution < -0.4 is 5.32 Å². The number of rotatable bonds is 5. The number of anilines is 1. The van der Waals surface area contributed by atoms with Gasteiger partial charge in [0.2, 0.25) is 5.91 Å².